The number of nitrogens with zero attached hydrogens (tertiary/aromatic N) is 1. The van der Waals surface area contributed by atoms with Gasteiger partial charge in [0, 0.05) is 5.69 Å². The van der Waals surface area contributed by atoms with Crippen LogP contribution in [-0.4, -0.2) is 30.4 Å². The highest BCUT2D eigenvalue weighted by Crippen LogP contribution is 2.29. The Hall–Kier alpha value is -4.24. The fourth-order valence-electron chi connectivity index (χ4n) is 3.86. The number of rotatable bonds is 6. The molecule has 0 aliphatic carbocycles. The van der Waals surface area contributed by atoms with Crippen LogP contribution in [0.25, 0.3) is 6.08 Å². The van der Waals surface area contributed by atoms with Crippen LogP contribution in [0.2, 0.25) is 0 Å². The van der Waals surface area contributed by atoms with Crippen molar-refractivity contribution in [2.75, 3.05) is 16.8 Å². The molecule has 0 radical (unpaired) electrons. The maximum absolute atomic E-state index is 13.2. The van der Waals surface area contributed by atoms with E-state index in [-0.39, 0.29) is 18.1 Å². The van der Waals surface area contributed by atoms with Crippen LogP contribution in [0.15, 0.2) is 64.6 Å². The first kappa shape index (κ1) is 26.8. The van der Waals surface area contributed by atoms with E-state index in [0.29, 0.717) is 21.5 Å². The predicted molar refractivity (Wildman–Crippen MR) is 149 cm³/mol. The van der Waals surface area contributed by atoms with Crippen LogP contribution in [0, 0.1) is 27.7 Å². The number of hydrogen-bond donors (Lipinski definition) is 2. The number of aryl methyl sites for hydroxylation is 3. The third-order valence-electron chi connectivity index (χ3n) is 6.35. The van der Waals surface area contributed by atoms with E-state index in [1.165, 1.54) is 6.08 Å². The molecule has 1 heterocycles. The maximum Gasteiger partial charge on any atom is 0.335 e. The molecule has 0 atom stereocenters. The summed E-state index contributed by atoms with van der Waals surface area (Å²) in [6.07, 6.45) is 1.40. The molecule has 1 aliphatic rings. The molecule has 8 nitrogen and oxygen atoms in total. The van der Waals surface area contributed by atoms with E-state index in [9.17, 15) is 19.2 Å². The number of nitrogens with one attached hydrogen (secondary N) is 2. The molecule has 1 aliphatic heterocycles. The number of anilines is 2. The average Bonchev–Trinajstić information content (AvgIpc) is 2.86. The first-order chi connectivity index (χ1) is 18.0. The van der Waals surface area contributed by atoms with E-state index in [1.54, 1.807) is 30.3 Å². The van der Waals surface area contributed by atoms with Crippen molar-refractivity contribution < 1.29 is 23.9 Å². The Labute approximate surface area is 228 Å². The summed E-state index contributed by atoms with van der Waals surface area (Å²) in [4.78, 5) is 51.5. The molecule has 0 unspecified atom stereocenters. The monoisotopic (exact) mass is 575 g/mol. The van der Waals surface area contributed by atoms with Gasteiger partial charge >= 0.3 is 6.03 Å². The molecule has 3 aromatic rings. The summed E-state index contributed by atoms with van der Waals surface area (Å²) < 4.78 is 6.18. The zero-order valence-corrected chi connectivity index (χ0v) is 22.9. The van der Waals surface area contributed by atoms with Gasteiger partial charge < -0.3 is 10.1 Å². The van der Waals surface area contributed by atoms with Crippen LogP contribution in [-0.2, 0) is 14.4 Å². The Balaban J connectivity index is 1.49. The summed E-state index contributed by atoms with van der Waals surface area (Å²) in [5.74, 6) is -1.40. The molecule has 1 fully saturated rings. The van der Waals surface area contributed by atoms with Gasteiger partial charge in [-0.15, -0.1) is 0 Å². The van der Waals surface area contributed by atoms with Crippen molar-refractivity contribution in [1.29, 1.82) is 0 Å². The van der Waals surface area contributed by atoms with Crippen LogP contribution in [0.3, 0.4) is 0 Å². The predicted octanol–water partition coefficient (Wildman–Crippen LogP) is 5.37. The first-order valence-corrected chi connectivity index (χ1v) is 12.6. The molecular weight excluding hydrogens is 550 g/mol. The number of carbonyl (C=O) groups excluding carboxylic acids is 4. The highest BCUT2D eigenvalue weighted by Gasteiger charge is 2.36. The van der Waals surface area contributed by atoms with Crippen LogP contribution in [0.5, 0.6) is 5.75 Å². The van der Waals surface area contributed by atoms with Crippen molar-refractivity contribution in [3.8, 4) is 5.75 Å². The second kappa shape index (κ2) is 11.0. The molecule has 3 aromatic carbocycles. The van der Waals surface area contributed by atoms with Crippen molar-refractivity contribution in [1.82, 2.24) is 5.32 Å². The highest BCUT2D eigenvalue weighted by molar-refractivity contribution is 9.10. The van der Waals surface area contributed by atoms with E-state index in [4.69, 9.17) is 4.74 Å². The van der Waals surface area contributed by atoms with Crippen LogP contribution in [0.4, 0.5) is 16.2 Å². The lowest BCUT2D eigenvalue weighted by Gasteiger charge is -2.26. The summed E-state index contributed by atoms with van der Waals surface area (Å²) >= 11 is 3.42. The number of halogens is 1. The van der Waals surface area contributed by atoms with Gasteiger partial charge in [-0.25, -0.2) is 9.69 Å². The van der Waals surface area contributed by atoms with Crippen LogP contribution < -0.4 is 20.3 Å². The minimum absolute atomic E-state index is 0.184. The van der Waals surface area contributed by atoms with Gasteiger partial charge in [-0.1, -0.05) is 24.3 Å². The Morgan fingerprint density at radius 2 is 1.74 bits per heavy atom. The topological polar surface area (TPSA) is 105 Å². The van der Waals surface area contributed by atoms with Crippen molar-refractivity contribution in [3.05, 3.63) is 92.5 Å². The standard InChI is InChI=1S/C29H26BrN3O5/c1-16-8-10-21(12-18(16)3)33-28(36)22(27(35)32-29(33)37)13-20-9-11-25(23(30)14-20)38-15-26(34)31-24-7-5-6-17(2)19(24)4/h5-14H,15H2,1-4H3,(H,31,34)(H,32,35,37)/b22-13-. The number of ether oxygens (including phenoxy) is 1. The molecule has 1 saturated heterocycles. The molecule has 0 bridgehead atoms. The summed E-state index contributed by atoms with van der Waals surface area (Å²) in [5, 5.41) is 5.07. The zero-order valence-electron chi connectivity index (χ0n) is 21.3. The third kappa shape index (κ3) is 5.68. The Kier molecular flexibility index (Phi) is 7.78. The lowest BCUT2D eigenvalue weighted by atomic mass is 10.1. The van der Waals surface area contributed by atoms with E-state index < -0.39 is 17.8 Å². The molecule has 9 heteroatoms. The molecule has 194 valence electrons. The Bertz CT molecular complexity index is 1510. The Morgan fingerprint density at radius 3 is 2.45 bits per heavy atom. The zero-order chi connectivity index (χ0) is 27.6. The SMILES string of the molecule is Cc1ccc(N2C(=O)NC(=O)/C(=C/c3ccc(OCC(=O)Nc4cccc(C)c4C)c(Br)c3)C2=O)cc1C. The molecule has 0 spiro atoms. The Morgan fingerprint density at radius 1 is 0.974 bits per heavy atom. The van der Waals surface area contributed by atoms with Gasteiger partial charge in [-0.05, 0) is 108 Å². The van der Waals surface area contributed by atoms with Crippen LogP contribution in [0.1, 0.15) is 27.8 Å². The van der Waals surface area contributed by atoms with E-state index in [2.05, 4.69) is 26.6 Å². The smallest absolute Gasteiger partial charge is 0.335 e. The molecule has 0 aromatic heterocycles. The van der Waals surface area contributed by atoms with Crippen molar-refractivity contribution in [2.24, 2.45) is 0 Å². The average molecular weight is 576 g/mol. The fraction of sp³-hybridized carbons (Fsp3) is 0.172. The van der Waals surface area contributed by atoms with Gasteiger partial charge in [-0.2, -0.15) is 0 Å². The number of benzene rings is 3. The number of barbiturate groups is 1. The lowest BCUT2D eigenvalue weighted by Crippen LogP contribution is -2.54. The fourth-order valence-corrected chi connectivity index (χ4v) is 4.37. The second-order valence-corrected chi connectivity index (χ2v) is 9.85. The van der Waals surface area contributed by atoms with E-state index in [0.717, 1.165) is 32.8 Å². The number of carbonyl (C=O) groups is 4. The highest BCUT2D eigenvalue weighted by atomic mass is 79.9. The maximum atomic E-state index is 13.2. The number of urea groups is 1. The van der Waals surface area contributed by atoms with Gasteiger partial charge in [0.25, 0.3) is 17.7 Å². The van der Waals surface area contributed by atoms with Gasteiger partial charge in [0.1, 0.15) is 11.3 Å². The largest absolute Gasteiger partial charge is 0.483 e. The first-order valence-electron chi connectivity index (χ1n) is 11.8. The van der Waals surface area contributed by atoms with Crippen molar-refractivity contribution >= 4 is 57.1 Å². The number of amides is 5. The van der Waals surface area contributed by atoms with E-state index in [1.807, 2.05) is 52.0 Å². The second-order valence-electron chi connectivity index (χ2n) is 9.00. The minimum atomic E-state index is -0.801. The number of hydrogen-bond acceptors (Lipinski definition) is 5. The molecule has 2 N–H and O–H groups in total. The van der Waals surface area contributed by atoms with Gasteiger partial charge in [0.2, 0.25) is 0 Å². The summed E-state index contributed by atoms with van der Waals surface area (Å²) in [6, 6.07) is 15.0. The van der Waals surface area contributed by atoms with Crippen molar-refractivity contribution in [3.63, 3.8) is 0 Å². The lowest BCUT2D eigenvalue weighted by molar-refractivity contribution is -0.122. The summed E-state index contributed by atoms with van der Waals surface area (Å²) in [6.45, 7) is 7.50. The number of imide groups is 2. The van der Waals surface area contributed by atoms with Crippen molar-refractivity contribution in [2.45, 2.75) is 27.7 Å². The molecule has 5 amide bonds. The normalized spacial score (nSPS) is 14.5. The van der Waals surface area contributed by atoms with E-state index >= 15 is 0 Å². The minimum Gasteiger partial charge on any atom is -0.483 e. The third-order valence-corrected chi connectivity index (χ3v) is 6.97. The van der Waals surface area contributed by atoms with Gasteiger partial charge in [-0.3, -0.25) is 19.7 Å². The summed E-state index contributed by atoms with van der Waals surface area (Å²) in [5.41, 5.74) is 5.42. The molecular formula is C29H26BrN3O5. The van der Waals surface area contributed by atoms with Gasteiger partial charge in [0.15, 0.2) is 6.61 Å². The molecule has 0 saturated carbocycles. The van der Waals surface area contributed by atoms with Gasteiger partial charge in [0.05, 0.1) is 10.2 Å². The van der Waals surface area contributed by atoms with Crippen LogP contribution >= 0.6 is 15.9 Å². The molecule has 38 heavy (non-hydrogen) atoms. The quantitative estimate of drug-likeness (QED) is 0.304. The summed E-state index contributed by atoms with van der Waals surface area (Å²) in [7, 11) is 0. The molecule has 4 rings (SSSR count).